The van der Waals surface area contributed by atoms with Gasteiger partial charge in [0.1, 0.15) is 24.7 Å². The summed E-state index contributed by atoms with van der Waals surface area (Å²) in [4.78, 5) is 37.8. The number of rotatable bonds is 6. The highest BCUT2D eigenvalue weighted by Gasteiger charge is 2.36. The molecule has 3 amide bonds. The zero-order valence-electron chi connectivity index (χ0n) is 15.1. The Balaban J connectivity index is 1.65. The van der Waals surface area contributed by atoms with E-state index in [1.165, 1.54) is 18.2 Å². The summed E-state index contributed by atoms with van der Waals surface area (Å²) < 4.78 is 18.5. The number of carbonyl (C=O) groups excluding carboxylic acids is 3. The molecular weight excluding hydrogens is 395 g/mol. The van der Waals surface area contributed by atoms with Gasteiger partial charge in [0.05, 0.1) is 4.91 Å². The highest BCUT2D eigenvalue weighted by molar-refractivity contribution is 8.18. The SMILES string of the molecule is C#CCOc1ccc(/C=C2/SC(=O)N(CC(=O)Nc3cccc(F)c3)C2=O)cc1. The number of thioether (sulfide) groups is 1. The van der Waals surface area contributed by atoms with Crippen LogP contribution in [0.1, 0.15) is 5.56 Å². The van der Waals surface area contributed by atoms with Gasteiger partial charge in [0.2, 0.25) is 5.91 Å². The van der Waals surface area contributed by atoms with E-state index in [0.29, 0.717) is 11.3 Å². The number of imide groups is 1. The molecule has 0 radical (unpaired) electrons. The molecule has 1 fully saturated rings. The Hall–Kier alpha value is -3.57. The molecule has 1 saturated heterocycles. The maximum absolute atomic E-state index is 13.2. The maximum Gasteiger partial charge on any atom is 0.294 e. The van der Waals surface area contributed by atoms with Gasteiger partial charge in [-0.1, -0.05) is 24.1 Å². The molecule has 29 heavy (non-hydrogen) atoms. The molecule has 0 aromatic heterocycles. The van der Waals surface area contributed by atoms with Crippen LogP contribution in [0, 0.1) is 18.2 Å². The van der Waals surface area contributed by atoms with Crippen LogP contribution in [0.2, 0.25) is 0 Å². The van der Waals surface area contributed by atoms with Gasteiger partial charge in [-0.25, -0.2) is 4.39 Å². The second-order valence-electron chi connectivity index (χ2n) is 5.89. The second kappa shape index (κ2) is 9.08. The largest absolute Gasteiger partial charge is 0.481 e. The lowest BCUT2D eigenvalue weighted by Crippen LogP contribution is -2.36. The second-order valence-corrected chi connectivity index (χ2v) is 6.88. The van der Waals surface area contributed by atoms with Crippen LogP contribution < -0.4 is 10.1 Å². The van der Waals surface area contributed by atoms with E-state index in [2.05, 4.69) is 11.2 Å². The normalized spacial score (nSPS) is 14.8. The predicted octanol–water partition coefficient (Wildman–Crippen LogP) is 3.51. The Morgan fingerprint density at radius 3 is 2.69 bits per heavy atom. The third kappa shape index (κ3) is 5.24. The Labute approximate surface area is 170 Å². The lowest BCUT2D eigenvalue weighted by molar-refractivity contribution is -0.127. The molecule has 1 aliphatic heterocycles. The fourth-order valence-electron chi connectivity index (χ4n) is 2.48. The number of amides is 3. The first kappa shape index (κ1) is 20.2. The molecule has 0 unspecified atom stereocenters. The fraction of sp³-hybridized carbons (Fsp3) is 0.0952. The molecule has 0 atom stereocenters. The van der Waals surface area contributed by atoms with Gasteiger partial charge in [-0.15, -0.1) is 6.42 Å². The molecule has 0 bridgehead atoms. The lowest BCUT2D eigenvalue weighted by atomic mass is 10.2. The number of hydrogen-bond donors (Lipinski definition) is 1. The van der Waals surface area contributed by atoms with Gasteiger partial charge in [0.25, 0.3) is 11.1 Å². The van der Waals surface area contributed by atoms with E-state index in [9.17, 15) is 18.8 Å². The molecule has 2 aromatic carbocycles. The van der Waals surface area contributed by atoms with Crippen molar-refractivity contribution in [1.82, 2.24) is 4.90 Å². The molecule has 1 heterocycles. The number of benzene rings is 2. The fourth-order valence-corrected chi connectivity index (χ4v) is 3.32. The molecule has 8 heteroatoms. The van der Waals surface area contributed by atoms with Crippen LogP contribution in [0.5, 0.6) is 5.75 Å². The van der Waals surface area contributed by atoms with Gasteiger partial charge < -0.3 is 10.1 Å². The number of nitrogens with zero attached hydrogens (tertiary/aromatic N) is 1. The number of anilines is 1. The Morgan fingerprint density at radius 2 is 2.00 bits per heavy atom. The number of ether oxygens (including phenoxy) is 1. The smallest absolute Gasteiger partial charge is 0.294 e. The average Bonchev–Trinajstić information content (AvgIpc) is 2.95. The summed E-state index contributed by atoms with van der Waals surface area (Å²) in [5.74, 6) is 1.27. The van der Waals surface area contributed by atoms with E-state index < -0.39 is 29.4 Å². The summed E-state index contributed by atoms with van der Waals surface area (Å²) in [6.07, 6.45) is 6.69. The minimum Gasteiger partial charge on any atom is -0.481 e. The highest BCUT2D eigenvalue weighted by Crippen LogP contribution is 2.32. The maximum atomic E-state index is 13.2. The zero-order valence-corrected chi connectivity index (χ0v) is 15.9. The quantitative estimate of drug-likeness (QED) is 0.583. The van der Waals surface area contributed by atoms with Crippen molar-refractivity contribution < 1.29 is 23.5 Å². The first-order valence-electron chi connectivity index (χ1n) is 8.43. The third-order valence-corrected chi connectivity index (χ3v) is 4.69. The highest BCUT2D eigenvalue weighted by atomic mass is 32.2. The molecular formula is C21H15FN2O4S. The molecule has 0 spiro atoms. The monoisotopic (exact) mass is 410 g/mol. The molecule has 0 saturated carbocycles. The van der Waals surface area contributed by atoms with Crippen LogP contribution in [0.4, 0.5) is 14.9 Å². The van der Waals surface area contributed by atoms with Gasteiger partial charge in [-0.05, 0) is 53.7 Å². The summed E-state index contributed by atoms with van der Waals surface area (Å²) in [7, 11) is 0. The predicted molar refractivity (Wildman–Crippen MR) is 108 cm³/mol. The van der Waals surface area contributed by atoms with E-state index in [-0.39, 0.29) is 17.2 Å². The molecule has 3 rings (SSSR count). The van der Waals surface area contributed by atoms with E-state index >= 15 is 0 Å². The van der Waals surface area contributed by atoms with Crippen molar-refractivity contribution in [3.8, 4) is 18.1 Å². The van der Waals surface area contributed by atoms with Crippen LogP contribution in [-0.2, 0) is 9.59 Å². The van der Waals surface area contributed by atoms with Crippen LogP contribution in [0.3, 0.4) is 0 Å². The first-order chi connectivity index (χ1) is 14.0. The van der Waals surface area contributed by atoms with Gasteiger partial charge in [-0.2, -0.15) is 0 Å². The van der Waals surface area contributed by atoms with Crippen LogP contribution in [-0.4, -0.2) is 35.1 Å². The number of carbonyl (C=O) groups is 3. The average molecular weight is 410 g/mol. The first-order valence-corrected chi connectivity index (χ1v) is 9.25. The molecule has 1 aliphatic rings. The molecule has 1 N–H and O–H groups in total. The third-order valence-electron chi connectivity index (χ3n) is 3.78. The summed E-state index contributed by atoms with van der Waals surface area (Å²) in [6, 6.07) is 12.2. The van der Waals surface area contributed by atoms with E-state index in [1.54, 1.807) is 30.3 Å². The van der Waals surface area contributed by atoms with Gasteiger partial charge in [0, 0.05) is 5.69 Å². The van der Waals surface area contributed by atoms with Crippen molar-refractivity contribution in [1.29, 1.82) is 0 Å². The van der Waals surface area contributed by atoms with Crippen molar-refractivity contribution >= 4 is 40.6 Å². The number of nitrogens with one attached hydrogen (secondary N) is 1. The topological polar surface area (TPSA) is 75.7 Å². The van der Waals surface area contributed by atoms with Crippen LogP contribution in [0.15, 0.2) is 53.4 Å². The molecule has 146 valence electrons. The summed E-state index contributed by atoms with van der Waals surface area (Å²) >= 11 is 0.746. The zero-order chi connectivity index (χ0) is 20.8. The van der Waals surface area contributed by atoms with E-state index in [1.807, 2.05) is 0 Å². The van der Waals surface area contributed by atoms with Crippen LogP contribution >= 0.6 is 11.8 Å². The molecule has 0 aliphatic carbocycles. The standard InChI is InChI=1S/C21H15FN2O4S/c1-2-10-28-17-8-6-14(7-9-17)11-18-20(26)24(21(27)29-18)13-19(25)23-16-5-3-4-15(22)12-16/h1,3-9,11-12H,10,13H2,(H,23,25)/b18-11+. The van der Waals surface area contributed by atoms with E-state index in [4.69, 9.17) is 11.2 Å². The summed E-state index contributed by atoms with van der Waals surface area (Å²) in [5, 5.41) is 1.91. The summed E-state index contributed by atoms with van der Waals surface area (Å²) in [6.45, 7) is -0.312. The Bertz CT molecular complexity index is 1030. The van der Waals surface area contributed by atoms with Gasteiger partial charge in [-0.3, -0.25) is 19.3 Å². The van der Waals surface area contributed by atoms with Crippen molar-refractivity contribution in [3.63, 3.8) is 0 Å². The van der Waals surface area contributed by atoms with Crippen molar-refractivity contribution in [2.45, 2.75) is 0 Å². The van der Waals surface area contributed by atoms with Gasteiger partial charge in [0.15, 0.2) is 0 Å². The lowest BCUT2D eigenvalue weighted by Gasteiger charge is -2.12. The summed E-state index contributed by atoms with van der Waals surface area (Å²) in [5.41, 5.74) is 0.928. The molecule has 2 aromatic rings. The minimum atomic E-state index is -0.603. The Kier molecular flexibility index (Phi) is 6.32. The Morgan fingerprint density at radius 1 is 1.24 bits per heavy atom. The van der Waals surface area contributed by atoms with E-state index in [0.717, 1.165) is 22.7 Å². The van der Waals surface area contributed by atoms with Gasteiger partial charge >= 0.3 is 0 Å². The van der Waals surface area contributed by atoms with Crippen molar-refractivity contribution in [2.24, 2.45) is 0 Å². The van der Waals surface area contributed by atoms with Crippen LogP contribution in [0.25, 0.3) is 6.08 Å². The van der Waals surface area contributed by atoms with Crippen molar-refractivity contribution in [2.75, 3.05) is 18.5 Å². The number of halogens is 1. The van der Waals surface area contributed by atoms with Crippen molar-refractivity contribution in [3.05, 3.63) is 64.8 Å². The minimum absolute atomic E-state index is 0.149. The number of terminal acetylenes is 1. The number of hydrogen-bond acceptors (Lipinski definition) is 5. The molecule has 6 nitrogen and oxygen atoms in total.